The molecular weight excluding hydrogens is 459 g/mol. The Labute approximate surface area is 220 Å². The van der Waals surface area contributed by atoms with Gasteiger partial charge in [-0.15, -0.1) is 0 Å². The van der Waals surface area contributed by atoms with E-state index >= 15 is 4.39 Å². The summed E-state index contributed by atoms with van der Waals surface area (Å²) < 4.78 is 17.1. The Morgan fingerprint density at radius 3 is 2.30 bits per heavy atom. The Kier molecular flexibility index (Phi) is 8.12. The van der Waals surface area contributed by atoms with Crippen LogP contribution in [-0.2, 0) is 6.54 Å². The van der Waals surface area contributed by atoms with Crippen LogP contribution < -0.4 is 0 Å². The minimum Gasteiger partial charge on any atom is -0.302 e. The largest absolute Gasteiger partial charge is 0.302 e. The number of piperidine rings is 1. The predicted molar refractivity (Wildman–Crippen MR) is 150 cm³/mol. The summed E-state index contributed by atoms with van der Waals surface area (Å²) in [6.45, 7) is 9.53. The highest BCUT2D eigenvalue weighted by Crippen LogP contribution is 2.32. The second-order valence-electron chi connectivity index (χ2n) is 9.93. The maximum atomic E-state index is 15.2. The average molecular weight is 497 g/mol. The Morgan fingerprint density at radius 2 is 1.57 bits per heavy atom. The number of likely N-dealkylation sites (N-methyl/N-ethyl adjacent to an activating group) is 1. The van der Waals surface area contributed by atoms with Crippen molar-refractivity contribution in [1.29, 1.82) is 0 Å². The lowest BCUT2D eigenvalue weighted by Crippen LogP contribution is -2.46. The van der Waals surface area contributed by atoms with Crippen LogP contribution in [0, 0.1) is 5.82 Å². The summed E-state index contributed by atoms with van der Waals surface area (Å²) in [7, 11) is 0. The third-order valence-corrected chi connectivity index (χ3v) is 7.68. The van der Waals surface area contributed by atoms with Gasteiger partial charge in [0.25, 0.3) is 0 Å². The number of aromatic nitrogens is 2. The van der Waals surface area contributed by atoms with E-state index in [0.717, 1.165) is 55.2 Å². The van der Waals surface area contributed by atoms with Crippen LogP contribution in [0.15, 0.2) is 85.1 Å². The fourth-order valence-corrected chi connectivity index (χ4v) is 5.53. The molecule has 192 valence electrons. The SMILES string of the molecule is CCN(CC)CC1CCCCN1Cc1cnn(-c2ccc(-c3ccccc3)cc2)c1-c1ccccc1F. The van der Waals surface area contributed by atoms with Crippen molar-refractivity contribution in [2.45, 2.75) is 45.7 Å². The van der Waals surface area contributed by atoms with Crippen molar-refractivity contribution in [2.75, 3.05) is 26.2 Å². The maximum absolute atomic E-state index is 15.2. The van der Waals surface area contributed by atoms with Gasteiger partial charge in [0.1, 0.15) is 5.82 Å². The van der Waals surface area contributed by atoms with Gasteiger partial charge in [-0.1, -0.05) is 74.9 Å². The molecule has 1 aromatic heterocycles. The molecule has 1 aliphatic rings. The first-order valence-electron chi connectivity index (χ1n) is 13.6. The number of nitrogens with zero attached hydrogens (tertiary/aromatic N) is 4. The van der Waals surface area contributed by atoms with Gasteiger partial charge in [-0.05, 0) is 67.9 Å². The van der Waals surface area contributed by atoms with Crippen LogP contribution >= 0.6 is 0 Å². The Bertz CT molecular complexity index is 1280. The third-order valence-electron chi connectivity index (χ3n) is 7.68. The maximum Gasteiger partial charge on any atom is 0.132 e. The van der Waals surface area contributed by atoms with Gasteiger partial charge in [0.05, 0.1) is 17.6 Å². The number of hydrogen-bond donors (Lipinski definition) is 0. The molecule has 3 aromatic carbocycles. The van der Waals surface area contributed by atoms with Crippen molar-refractivity contribution in [3.63, 3.8) is 0 Å². The molecule has 0 bridgehead atoms. The van der Waals surface area contributed by atoms with E-state index in [1.165, 1.54) is 24.8 Å². The van der Waals surface area contributed by atoms with Crippen LogP contribution in [-0.4, -0.2) is 51.8 Å². The topological polar surface area (TPSA) is 24.3 Å². The quantitative estimate of drug-likeness (QED) is 0.248. The van der Waals surface area contributed by atoms with E-state index in [1.54, 1.807) is 12.1 Å². The lowest BCUT2D eigenvalue weighted by molar-refractivity contribution is 0.102. The van der Waals surface area contributed by atoms with E-state index in [-0.39, 0.29) is 5.82 Å². The molecule has 0 N–H and O–H groups in total. The van der Waals surface area contributed by atoms with Gasteiger partial charge in [-0.3, -0.25) is 4.90 Å². The van der Waals surface area contributed by atoms with Crippen molar-refractivity contribution in [3.8, 4) is 28.1 Å². The number of hydrogen-bond acceptors (Lipinski definition) is 3. The van der Waals surface area contributed by atoms with Crippen LogP contribution in [0.4, 0.5) is 4.39 Å². The molecule has 4 nitrogen and oxygen atoms in total. The van der Waals surface area contributed by atoms with Gasteiger partial charge < -0.3 is 4.90 Å². The van der Waals surface area contributed by atoms with Crippen molar-refractivity contribution < 1.29 is 4.39 Å². The van der Waals surface area contributed by atoms with Crippen LogP contribution in [0.5, 0.6) is 0 Å². The molecule has 0 aliphatic carbocycles. The van der Waals surface area contributed by atoms with Crippen molar-refractivity contribution in [2.24, 2.45) is 0 Å². The number of rotatable bonds is 9. The molecule has 1 atom stereocenters. The number of benzene rings is 3. The molecule has 1 aliphatic heterocycles. The van der Waals surface area contributed by atoms with Crippen LogP contribution in [0.2, 0.25) is 0 Å². The zero-order chi connectivity index (χ0) is 25.6. The normalized spacial score (nSPS) is 16.4. The van der Waals surface area contributed by atoms with Gasteiger partial charge in [0.15, 0.2) is 0 Å². The molecule has 37 heavy (non-hydrogen) atoms. The van der Waals surface area contributed by atoms with Crippen molar-refractivity contribution >= 4 is 0 Å². The zero-order valence-corrected chi connectivity index (χ0v) is 22.0. The lowest BCUT2D eigenvalue weighted by Gasteiger charge is -2.38. The summed E-state index contributed by atoms with van der Waals surface area (Å²) in [4.78, 5) is 5.10. The molecule has 4 aromatic rings. The fourth-order valence-electron chi connectivity index (χ4n) is 5.53. The molecule has 0 saturated carbocycles. The molecule has 1 saturated heterocycles. The molecule has 0 radical (unpaired) electrons. The molecule has 2 heterocycles. The summed E-state index contributed by atoms with van der Waals surface area (Å²) in [6.07, 6.45) is 5.63. The number of likely N-dealkylation sites (tertiary alicyclic amines) is 1. The van der Waals surface area contributed by atoms with Gasteiger partial charge in [0.2, 0.25) is 0 Å². The predicted octanol–water partition coefficient (Wildman–Crippen LogP) is 7.04. The summed E-state index contributed by atoms with van der Waals surface area (Å²) in [5.41, 5.74) is 5.77. The molecule has 1 unspecified atom stereocenters. The first-order valence-corrected chi connectivity index (χ1v) is 13.6. The molecule has 1 fully saturated rings. The minimum absolute atomic E-state index is 0.218. The summed E-state index contributed by atoms with van der Waals surface area (Å²) >= 11 is 0. The molecule has 5 rings (SSSR count). The first kappa shape index (κ1) is 25.4. The summed E-state index contributed by atoms with van der Waals surface area (Å²) in [5.74, 6) is -0.218. The van der Waals surface area contributed by atoms with Crippen molar-refractivity contribution in [1.82, 2.24) is 19.6 Å². The standard InChI is InChI=1S/C32H37FN4/c1-3-35(4-2)24-29-14-10-11-21-36(29)23-27-22-34-37(32(27)30-15-8-9-16-31(30)33)28-19-17-26(18-20-28)25-12-6-5-7-13-25/h5-9,12-13,15-20,22,29H,3-4,10-11,14,21,23-24H2,1-2H3. The van der Waals surface area contributed by atoms with Gasteiger partial charge in [-0.25, -0.2) is 9.07 Å². The Morgan fingerprint density at radius 1 is 0.865 bits per heavy atom. The first-order chi connectivity index (χ1) is 18.2. The second kappa shape index (κ2) is 11.8. The molecule has 0 spiro atoms. The van der Waals surface area contributed by atoms with Crippen LogP contribution in [0.1, 0.15) is 38.7 Å². The van der Waals surface area contributed by atoms with E-state index in [4.69, 9.17) is 5.10 Å². The van der Waals surface area contributed by atoms with E-state index in [2.05, 4.69) is 60.0 Å². The summed E-state index contributed by atoms with van der Waals surface area (Å²) in [6, 6.07) is 26.3. The summed E-state index contributed by atoms with van der Waals surface area (Å²) in [5, 5.41) is 4.80. The monoisotopic (exact) mass is 496 g/mol. The fraction of sp³-hybridized carbons (Fsp3) is 0.344. The van der Waals surface area contributed by atoms with E-state index in [9.17, 15) is 0 Å². The lowest BCUT2D eigenvalue weighted by atomic mass is 9.99. The Hall–Kier alpha value is -3.28. The van der Waals surface area contributed by atoms with Gasteiger partial charge in [0, 0.05) is 30.3 Å². The smallest absolute Gasteiger partial charge is 0.132 e. The highest BCUT2D eigenvalue weighted by atomic mass is 19.1. The van der Waals surface area contributed by atoms with E-state index in [1.807, 2.05) is 41.2 Å². The molecule has 5 heteroatoms. The zero-order valence-electron chi connectivity index (χ0n) is 22.0. The van der Waals surface area contributed by atoms with Gasteiger partial charge >= 0.3 is 0 Å². The van der Waals surface area contributed by atoms with Crippen LogP contribution in [0.3, 0.4) is 0 Å². The minimum atomic E-state index is -0.218. The highest BCUT2D eigenvalue weighted by Gasteiger charge is 2.27. The average Bonchev–Trinajstić information content (AvgIpc) is 3.36. The Balaban J connectivity index is 1.50. The highest BCUT2D eigenvalue weighted by molar-refractivity contribution is 5.68. The molecule has 0 amide bonds. The molecular formula is C32H37FN4. The van der Waals surface area contributed by atoms with Crippen LogP contribution in [0.25, 0.3) is 28.1 Å². The van der Waals surface area contributed by atoms with Gasteiger partial charge in [-0.2, -0.15) is 5.10 Å². The third kappa shape index (κ3) is 5.68. The van der Waals surface area contributed by atoms with E-state index in [0.29, 0.717) is 11.6 Å². The van der Waals surface area contributed by atoms with E-state index < -0.39 is 0 Å². The second-order valence-corrected chi connectivity index (χ2v) is 9.93. The van der Waals surface area contributed by atoms with Crippen molar-refractivity contribution in [3.05, 3.63) is 96.4 Å². The number of halogens is 1.